The molecule has 0 radical (unpaired) electrons. The van der Waals surface area contributed by atoms with Gasteiger partial charge < -0.3 is 11.1 Å². The highest BCUT2D eigenvalue weighted by atomic mass is 19.1. The van der Waals surface area contributed by atoms with Crippen molar-refractivity contribution in [3.8, 4) is 6.07 Å². The molecule has 3 N–H and O–H groups in total. The van der Waals surface area contributed by atoms with E-state index in [0.717, 1.165) is 6.07 Å². The Hall–Kier alpha value is -3.01. The van der Waals surface area contributed by atoms with E-state index in [-0.39, 0.29) is 17.1 Å². The summed E-state index contributed by atoms with van der Waals surface area (Å²) in [7, 11) is 0. The van der Waals surface area contributed by atoms with E-state index in [1.54, 1.807) is 6.07 Å². The lowest BCUT2D eigenvalue weighted by Crippen LogP contribution is -2.14. The third-order valence-corrected chi connectivity index (χ3v) is 2.25. The number of carbonyl (C=O) groups is 1. The highest BCUT2D eigenvalue weighted by molar-refractivity contribution is 6.02. The number of rotatable bonds is 2. The van der Waals surface area contributed by atoms with Gasteiger partial charge in [-0.15, -0.1) is 0 Å². The Kier molecular flexibility index (Phi) is 3.34. The first-order chi connectivity index (χ1) is 9.10. The highest BCUT2D eigenvalue weighted by Crippen LogP contribution is 2.14. The van der Waals surface area contributed by atoms with Crippen molar-refractivity contribution < 1.29 is 9.18 Å². The Balaban J connectivity index is 2.20. The van der Waals surface area contributed by atoms with Gasteiger partial charge in [0.05, 0.1) is 18.0 Å². The number of anilines is 2. The second-order valence-corrected chi connectivity index (χ2v) is 3.59. The SMILES string of the molecule is N#Cc1cc(NC(=O)c2cnc(N)cn2)ccc1F. The summed E-state index contributed by atoms with van der Waals surface area (Å²) in [5.41, 5.74) is 5.56. The van der Waals surface area contributed by atoms with Crippen LogP contribution in [0.1, 0.15) is 16.1 Å². The molecule has 0 aliphatic heterocycles. The maximum atomic E-state index is 13.1. The molecule has 1 aromatic carbocycles. The lowest BCUT2D eigenvalue weighted by Gasteiger charge is -2.05. The zero-order valence-corrected chi connectivity index (χ0v) is 9.59. The van der Waals surface area contributed by atoms with Crippen LogP contribution in [0.3, 0.4) is 0 Å². The summed E-state index contributed by atoms with van der Waals surface area (Å²) in [6, 6.07) is 5.37. The summed E-state index contributed by atoms with van der Waals surface area (Å²) in [6.07, 6.45) is 2.47. The van der Waals surface area contributed by atoms with Gasteiger partial charge in [0.2, 0.25) is 0 Å². The van der Waals surface area contributed by atoms with Crippen LogP contribution < -0.4 is 11.1 Å². The van der Waals surface area contributed by atoms with Gasteiger partial charge >= 0.3 is 0 Å². The largest absolute Gasteiger partial charge is 0.382 e. The number of nitrogens with zero attached hydrogens (tertiary/aromatic N) is 3. The van der Waals surface area contributed by atoms with Gasteiger partial charge in [0.25, 0.3) is 5.91 Å². The number of nitrogens with two attached hydrogens (primary N) is 1. The van der Waals surface area contributed by atoms with Gasteiger partial charge in [-0.2, -0.15) is 5.26 Å². The maximum absolute atomic E-state index is 13.1. The highest BCUT2D eigenvalue weighted by Gasteiger charge is 2.09. The topological polar surface area (TPSA) is 105 Å². The molecule has 0 aliphatic rings. The van der Waals surface area contributed by atoms with Crippen LogP contribution in [0.25, 0.3) is 0 Å². The van der Waals surface area contributed by atoms with Gasteiger partial charge in [-0.1, -0.05) is 0 Å². The first-order valence-electron chi connectivity index (χ1n) is 5.18. The molecule has 0 bridgehead atoms. The first-order valence-corrected chi connectivity index (χ1v) is 5.18. The minimum Gasteiger partial charge on any atom is -0.382 e. The predicted octanol–water partition coefficient (Wildman–Crippen LogP) is 1.32. The number of carbonyl (C=O) groups excluding carboxylic acids is 1. The van der Waals surface area contributed by atoms with Crippen molar-refractivity contribution in [3.05, 3.63) is 47.7 Å². The van der Waals surface area contributed by atoms with Crippen molar-refractivity contribution in [2.45, 2.75) is 0 Å². The van der Waals surface area contributed by atoms with Crippen LogP contribution in [-0.2, 0) is 0 Å². The normalized spacial score (nSPS) is 9.68. The summed E-state index contributed by atoms with van der Waals surface area (Å²) < 4.78 is 13.1. The third-order valence-electron chi connectivity index (χ3n) is 2.25. The molecule has 0 fully saturated rings. The summed E-state index contributed by atoms with van der Waals surface area (Å²) >= 11 is 0. The number of aromatic nitrogens is 2. The van der Waals surface area contributed by atoms with Crippen molar-refractivity contribution in [3.63, 3.8) is 0 Å². The maximum Gasteiger partial charge on any atom is 0.275 e. The van der Waals surface area contributed by atoms with Gasteiger partial charge in [-0.25, -0.2) is 14.4 Å². The molecule has 2 aromatic rings. The van der Waals surface area contributed by atoms with Crippen LogP contribution in [0.5, 0.6) is 0 Å². The number of nitrogen functional groups attached to an aromatic ring is 1. The van der Waals surface area contributed by atoms with Gasteiger partial charge in [0.1, 0.15) is 23.4 Å². The van der Waals surface area contributed by atoms with Crippen molar-refractivity contribution in [2.24, 2.45) is 0 Å². The van der Waals surface area contributed by atoms with E-state index in [9.17, 15) is 9.18 Å². The Morgan fingerprint density at radius 1 is 1.37 bits per heavy atom. The molecule has 0 saturated heterocycles. The number of nitrogens with one attached hydrogen (secondary N) is 1. The number of hydrogen-bond donors (Lipinski definition) is 2. The molecule has 1 heterocycles. The Labute approximate surface area is 107 Å². The van der Waals surface area contributed by atoms with Crippen LogP contribution in [0, 0.1) is 17.1 Å². The Morgan fingerprint density at radius 2 is 2.16 bits per heavy atom. The molecule has 0 aliphatic carbocycles. The standard InChI is InChI=1S/C12H8FN5O/c13-9-2-1-8(3-7(9)4-14)18-12(19)10-5-17-11(15)6-16-10/h1-3,5-6H,(H2,15,17)(H,18,19). The third kappa shape index (κ3) is 2.81. The van der Waals surface area contributed by atoms with E-state index >= 15 is 0 Å². The first kappa shape index (κ1) is 12.4. The second kappa shape index (κ2) is 5.10. The molecule has 7 heteroatoms. The minimum atomic E-state index is -0.646. The lowest BCUT2D eigenvalue weighted by atomic mass is 10.2. The number of halogens is 1. The van der Waals surface area contributed by atoms with Crippen molar-refractivity contribution in [2.75, 3.05) is 11.1 Å². The van der Waals surface area contributed by atoms with Crippen LogP contribution in [0.15, 0.2) is 30.6 Å². The monoisotopic (exact) mass is 257 g/mol. The molecule has 2 rings (SSSR count). The number of benzene rings is 1. The van der Waals surface area contributed by atoms with E-state index in [1.807, 2.05) is 0 Å². The Bertz CT molecular complexity index is 663. The molecule has 19 heavy (non-hydrogen) atoms. The zero-order valence-electron chi connectivity index (χ0n) is 9.59. The fourth-order valence-electron chi connectivity index (χ4n) is 1.34. The lowest BCUT2D eigenvalue weighted by molar-refractivity contribution is 0.102. The molecule has 0 spiro atoms. The van der Waals surface area contributed by atoms with Crippen LogP contribution in [0.2, 0.25) is 0 Å². The molecule has 0 saturated carbocycles. The van der Waals surface area contributed by atoms with Crippen LogP contribution in [-0.4, -0.2) is 15.9 Å². The van der Waals surface area contributed by atoms with Gasteiger partial charge in [-0.05, 0) is 18.2 Å². The predicted molar refractivity (Wildman–Crippen MR) is 65.5 cm³/mol. The smallest absolute Gasteiger partial charge is 0.275 e. The fourth-order valence-corrected chi connectivity index (χ4v) is 1.34. The summed E-state index contributed by atoms with van der Waals surface area (Å²) in [6.45, 7) is 0. The van der Waals surface area contributed by atoms with Gasteiger partial charge in [0.15, 0.2) is 0 Å². The van der Waals surface area contributed by atoms with Crippen molar-refractivity contribution in [1.29, 1.82) is 5.26 Å². The molecule has 0 atom stereocenters. The Morgan fingerprint density at radius 3 is 2.79 bits per heavy atom. The van der Waals surface area contributed by atoms with Crippen molar-refractivity contribution in [1.82, 2.24) is 9.97 Å². The summed E-state index contributed by atoms with van der Waals surface area (Å²) in [4.78, 5) is 19.3. The molecular formula is C12H8FN5O. The summed E-state index contributed by atoms with van der Waals surface area (Å²) in [5.74, 6) is -0.971. The van der Waals surface area contributed by atoms with E-state index in [2.05, 4.69) is 15.3 Å². The molecule has 0 unspecified atom stereocenters. The minimum absolute atomic E-state index is 0.0667. The molecule has 6 nitrogen and oxygen atoms in total. The number of amides is 1. The number of hydrogen-bond acceptors (Lipinski definition) is 5. The zero-order chi connectivity index (χ0) is 13.8. The molecule has 94 valence electrons. The fraction of sp³-hybridized carbons (Fsp3) is 0. The second-order valence-electron chi connectivity index (χ2n) is 3.59. The van der Waals surface area contributed by atoms with E-state index < -0.39 is 11.7 Å². The molecule has 1 amide bonds. The average molecular weight is 257 g/mol. The van der Waals surface area contributed by atoms with E-state index in [0.29, 0.717) is 5.69 Å². The van der Waals surface area contributed by atoms with Crippen molar-refractivity contribution >= 4 is 17.4 Å². The number of nitriles is 1. The summed E-state index contributed by atoms with van der Waals surface area (Å²) in [5, 5.41) is 11.2. The van der Waals surface area contributed by atoms with E-state index in [4.69, 9.17) is 11.0 Å². The van der Waals surface area contributed by atoms with Gasteiger partial charge in [-0.3, -0.25) is 4.79 Å². The quantitative estimate of drug-likeness (QED) is 0.844. The van der Waals surface area contributed by atoms with Crippen LogP contribution >= 0.6 is 0 Å². The van der Waals surface area contributed by atoms with Gasteiger partial charge in [0, 0.05) is 5.69 Å². The van der Waals surface area contributed by atoms with Crippen LogP contribution in [0.4, 0.5) is 15.9 Å². The average Bonchev–Trinajstić information content (AvgIpc) is 2.41. The molecular weight excluding hydrogens is 249 g/mol. The van der Waals surface area contributed by atoms with E-state index in [1.165, 1.54) is 24.5 Å². The molecule has 1 aromatic heterocycles.